The standard InChI is InChI=1S/C7H10N2O/c1-3-4-6(5-10)7(8)9-2/h3-5,8,10H,2H2,1H3/b4-3-,6-5?,8-7?. The lowest BCUT2D eigenvalue weighted by Crippen LogP contribution is -1.93. The van der Waals surface area contributed by atoms with E-state index in [1.165, 1.54) is 0 Å². The van der Waals surface area contributed by atoms with Crippen molar-refractivity contribution in [3.63, 3.8) is 0 Å². The SMILES string of the molecule is C=NC(=N)C(=CO)/C=C\C. The van der Waals surface area contributed by atoms with Gasteiger partial charge in [0.2, 0.25) is 0 Å². The van der Waals surface area contributed by atoms with Gasteiger partial charge in [0.15, 0.2) is 5.84 Å². The van der Waals surface area contributed by atoms with Crippen molar-refractivity contribution in [1.82, 2.24) is 0 Å². The van der Waals surface area contributed by atoms with E-state index in [-0.39, 0.29) is 5.84 Å². The maximum atomic E-state index is 8.52. The Balaban J connectivity index is 4.37. The highest BCUT2D eigenvalue weighted by Gasteiger charge is 1.95. The molecular weight excluding hydrogens is 128 g/mol. The molecule has 0 rings (SSSR count). The first-order valence-corrected chi connectivity index (χ1v) is 2.79. The molecule has 0 atom stereocenters. The van der Waals surface area contributed by atoms with Crippen LogP contribution < -0.4 is 0 Å². The van der Waals surface area contributed by atoms with E-state index in [1.54, 1.807) is 19.1 Å². The molecule has 0 aliphatic heterocycles. The predicted octanol–water partition coefficient (Wildman–Crippen LogP) is 1.68. The third-order valence-corrected chi connectivity index (χ3v) is 0.917. The summed E-state index contributed by atoms with van der Waals surface area (Å²) in [6, 6.07) is 0. The third-order valence-electron chi connectivity index (χ3n) is 0.917. The summed E-state index contributed by atoms with van der Waals surface area (Å²) in [7, 11) is 0. The van der Waals surface area contributed by atoms with E-state index in [2.05, 4.69) is 11.7 Å². The van der Waals surface area contributed by atoms with Crippen LogP contribution in [0.25, 0.3) is 0 Å². The molecule has 0 aromatic heterocycles. The zero-order chi connectivity index (χ0) is 7.98. The van der Waals surface area contributed by atoms with Gasteiger partial charge in [-0.25, -0.2) is 4.99 Å². The van der Waals surface area contributed by atoms with Gasteiger partial charge in [-0.3, -0.25) is 5.41 Å². The van der Waals surface area contributed by atoms with Crippen LogP contribution in [0.3, 0.4) is 0 Å². The Morgan fingerprint density at radius 3 is 2.60 bits per heavy atom. The number of amidine groups is 1. The second-order valence-electron chi connectivity index (χ2n) is 1.59. The van der Waals surface area contributed by atoms with Crippen molar-refractivity contribution in [2.45, 2.75) is 6.92 Å². The fraction of sp³-hybridized carbons (Fsp3) is 0.143. The van der Waals surface area contributed by atoms with E-state index in [4.69, 9.17) is 10.5 Å². The summed E-state index contributed by atoms with van der Waals surface area (Å²) < 4.78 is 0. The highest BCUT2D eigenvalue weighted by atomic mass is 16.2. The molecule has 0 aromatic carbocycles. The van der Waals surface area contributed by atoms with Gasteiger partial charge in [-0.15, -0.1) is 0 Å². The van der Waals surface area contributed by atoms with Gasteiger partial charge < -0.3 is 5.11 Å². The summed E-state index contributed by atoms with van der Waals surface area (Å²) in [6.07, 6.45) is 4.12. The van der Waals surface area contributed by atoms with Gasteiger partial charge >= 0.3 is 0 Å². The molecule has 3 heteroatoms. The molecule has 2 N–H and O–H groups in total. The van der Waals surface area contributed by atoms with Crippen LogP contribution >= 0.6 is 0 Å². The van der Waals surface area contributed by atoms with E-state index in [0.717, 1.165) is 6.26 Å². The molecule has 54 valence electrons. The molecule has 0 bridgehead atoms. The topological polar surface area (TPSA) is 56.4 Å². The summed E-state index contributed by atoms with van der Waals surface area (Å²) in [5.74, 6) is -0.0272. The summed E-state index contributed by atoms with van der Waals surface area (Å²) in [4.78, 5) is 3.33. The van der Waals surface area contributed by atoms with Gasteiger partial charge in [0, 0.05) is 0 Å². The van der Waals surface area contributed by atoms with Crippen molar-refractivity contribution in [1.29, 1.82) is 5.41 Å². The quantitative estimate of drug-likeness (QED) is 0.259. The number of nitrogens with zero attached hydrogens (tertiary/aromatic N) is 1. The van der Waals surface area contributed by atoms with E-state index >= 15 is 0 Å². The molecule has 0 unspecified atom stereocenters. The molecule has 0 aliphatic rings. The lowest BCUT2D eigenvalue weighted by molar-refractivity contribution is 0.471. The van der Waals surface area contributed by atoms with Crippen molar-refractivity contribution in [3.8, 4) is 0 Å². The van der Waals surface area contributed by atoms with Crippen molar-refractivity contribution < 1.29 is 5.11 Å². The minimum absolute atomic E-state index is 0.0272. The number of hydrogen-bond acceptors (Lipinski definition) is 2. The molecule has 10 heavy (non-hydrogen) atoms. The fourth-order valence-electron chi connectivity index (χ4n) is 0.454. The molecule has 0 saturated carbocycles. The number of aliphatic hydroxyl groups excluding tert-OH is 1. The predicted molar refractivity (Wildman–Crippen MR) is 42.8 cm³/mol. The van der Waals surface area contributed by atoms with Crippen LogP contribution in [0.2, 0.25) is 0 Å². The molecule has 0 aromatic rings. The van der Waals surface area contributed by atoms with Gasteiger partial charge in [-0.05, 0) is 13.6 Å². The van der Waals surface area contributed by atoms with E-state index in [0.29, 0.717) is 5.57 Å². The zero-order valence-electron chi connectivity index (χ0n) is 5.83. The van der Waals surface area contributed by atoms with Gasteiger partial charge in [-0.2, -0.15) is 0 Å². The average Bonchev–Trinajstić information content (AvgIpc) is 1.99. The van der Waals surface area contributed by atoms with Crippen LogP contribution in [-0.2, 0) is 0 Å². The first kappa shape index (κ1) is 8.62. The second-order valence-corrected chi connectivity index (χ2v) is 1.59. The number of allylic oxidation sites excluding steroid dienone is 1. The molecule has 0 aliphatic carbocycles. The van der Waals surface area contributed by atoms with Crippen LogP contribution in [0.4, 0.5) is 0 Å². The Morgan fingerprint density at radius 1 is 1.70 bits per heavy atom. The lowest BCUT2D eigenvalue weighted by Gasteiger charge is -1.93. The van der Waals surface area contributed by atoms with Gasteiger partial charge in [0.1, 0.15) is 0 Å². The lowest BCUT2D eigenvalue weighted by atomic mass is 10.2. The molecule has 0 spiro atoms. The minimum atomic E-state index is -0.0272. The highest BCUT2D eigenvalue weighted by molar-refractivity contribution is 6.00. The van der Waals surface area contributed by atoms with Crippen molar-refractivity contribution >= 4 is 12.6 Å². The Kier molecular flexibility index (Phi) is 3.87. The summed E-state index contributed by atoms with van der Waals surface area (Å²) in [5, 5.41) is 15.6. The first-order chi connectivity index (χ1) is 4.76. The van der Waals surface area contributed by atoms with Crippen LogP contribution in [0.1, 0.15) is 6.92 Å². The van der Waals surface area contributed by atoms with Crippen LogP contribution in [0.15, 0.2) is 29.0 Å². The normalized spacial score (nSPS) is 11.9. The molecule has 0 radical (unpaired) electrons. The minimum Gasteiger partial charge on any atom is -0.515 e. The Bertz CT molecular complexity index is 192. The second kappa shape index (κ2) is 4.49. The van der Waals surface area contributed by atoms with E-state index in [1.807, 2.05) is 0 Å². The van der Waals surface area contributed by atoms with Crippen LogP contribution in [0, 0.1) is 5.41 Å². The first-order valence-electron chi connectivity index (χ1n) is 2.79. The number of aliphatic imine (C=N–C) groups is 1. The maximum Gasteiger partial charge on any atom is 0.154 e. The van der Waals surface area contributed by atoms with E-state index in [9.17, 15) is 0 Å². The van der Waals surface area contributed by atoms with Gasteiger partial charge in [-0.1, -0.05) is 12.2 Å². The van der Waals surface area contributed by atoms with Gasteiger partial charge in [0.05, 0.1) is 11.8 Å². The third kappa shape index (κ3) is 2.26. The van der Waals surface area contributed by atoms with Crippen molar-refractivity contribution in [2.24, 2.45) is 4.99 Å². The Morgan fingerprint density at radius 2 is 2.30 bits per heavy atom. The highest BCUT2D eigenvalue weighted by Crippen LogP contribution is 1.97. The molecule has 0 fully saturated rings. The zero-order valence-corrected chi connectivity index (χ0v) is 5.83. The number of hydrogen-bond donors (Lipinski definition) is 2. The maximum absolute atomic E-state index is 8.52. The number of aliphatic hydroxyl groups is 1. The molecular formula is C7H10N2O. The molecule has 0 heterocycles. The largest absolute Gasteiger partial charge is 0.515 e. The van der Waals surface area contributed by atoms with E-state index < -0.39 is 0 Å². The summed E-state index contributed by atoms with van der Waals surface area (Å²) in [5.41, 5.74) is 0.359. The Labute approximate surface area is 59.9 Å². The fourth-order valence-corrected chi connectivity index (χ4v) is 0.454. The summed E-state index contributed by atoms with van der Waals surface area (Å²) in [6.45, 7) is 4.94. The number of rotatable bonds is 2. The van der Waals surface area contributed by atoms with Crippen molar-refractivity contribution in [3.05, 3.63) is 24.0 Å². The smallest absolute Gasteiger partial charge is 0.154 e. The molecule has 0 saturated heterocycles. The Hall–Kier alpha value is -1.38. The van der Waals surface area contributed by atoms with Crippen LogP contribution in [-0.4, -0.2) is 17.7 Å². The summed E-state index contributed by atoms with van der Waals surface area (Å²) >= 11 is 0. The average molecular weight is 138 g/mol. The monoisotopic (exact) mass is 138 g/mol. The van der Waals surface area contributed by atoms with Crippen LogP contribution in [0.5, 0.6) is 0 Å². The van der Waals surface area contributed by atoms with Crippen molar-refractivity contribution in [2.75, 3.05) is 0 Å². The number of nitrogens with one attached hydrogen (secondary N) is 1. The molecule has 0 amide bonds. The molecule has 3 nitrogen and oxygen atoms in total. The van der Waals surface area contributed by atoms with Gasteiger partial charge in [0.25, 0.3) is 0 Å².